The van der Waals surface area contributed by atoms with Gasteiger partial charge in [-0.25, -0.2) is 0 Å². The van der Waals surface area contributed by atoms with Crippen molar-refractivity contribution in [3.8, 4) is 0 Å². The van der Waals surface area contributed by atoms with Crippen molar-refractivity contribution in [2.24, 2.45) is 0 Å². The number of carbonyl (C=O) groups is 3. The molecule has 7 heteroatoms. The second kappa shape index (κ2) is 23.4. The summed E-state index contributed by atoms with van der Waals surface area (Å²) < 4.78 is 0. The van der Waals surface area contributed by atoms with Gasteiger partial charge in [0.15, 0.2) is 0 Å². The third kappa shape index (κ3) is 12300. The van der Waals surface area contributed by atoms with Crippen molar-refractivity contribution in [1.82, 2.24) is 0 Å². The van der Waals surface area contributed by atoms with Crippen molar-refractivity contribution in [3.05, 3.63) is 0 Å². The smallest absolute Gasteiger partial charge is 0.300 e. The lowest BCUT2D eigenvalue weighted by molar-refractivity contribution is -0.135. The van der Waals surface area contributed by atoms with Crippen LogP contribution in [0.5, 0.6) is 0 Å². The summed E-state index contributed by atoms with van der Waals surface area (Å²) in [7, 11) is 1.39. The summed E-state index contributed by atoms with van der Waals surface area (Å²) in [5.41, 5.74) is 0. The molecular formula is C9H22O6Si. The van der Waals surface area contributed by atoms with E-state index in [4.69, 9.17) is 29.7 Å². The third-order valence-corrected chi connectivity index (χ3v) is 1.50. The number of carboxylic acid groups (broad SMARTS) is 3. The molecule has 0 unspecified atom stereocenters. The highest BCUT2D eigenvalue weighted by Gasteiger charge is 1.66. The average Bonchev–Trinajstić information content (AvgIpc) is 2.00. The Labute approximate surface area is 98.7 Å². The Kier molecular flexibility index (Phi) is 35.2. The lowest BCUT2D eigenvalue weighted by Crippen LogP contribution is -1.78. The van der Waals surface area contributed by atoms with Crippen LogP contribution in [0.1, 0.15) is 34.1 Å². The van der Waals surface area contributed by atoms with Crippen LogP contribution >= 0.6 is 0 Å². The number of aliphatic carboxylic acids is 3. The van der Waals surface area contributed by atoms with E-state index in [0.717, 1.165) is 20.8 Å². The van der Waals surface area contributed by atoms with Gasteiger partial charge in [-0.2, -0.15) is 0 Å². The molecule has 0 aliphatic heterocycles. The molecule has 0 radical (unpaired) electrons. The zero-order valence-corrected chi connectivity index (χ0v) is 12.5. The largest absolute Gasteiger partial charge is 0.481 e. The number of carboxylic acids is 3. The van der Waals surface area contributed by atoms with E-state index in [1.165, 1.54) is 22.7 Å². The van der Waals surface area contributed by atoms with Gasteiger partial charge in [-0.1, -0.05) is 19.4 Å². The van der Waals surface area contributed by atoms with Gasteiger partial charge in [-0.05, 0) is 0 Å². The molecule has 3 N–H and O–H groups in total. The third-order valence-electron chi connectivity index (χ3n) is 0.500. The molecule has 0 aromatic carbocycles. The molecule has 0 saturated heterocycles. The minimum absolute atomic E-state index is 0.833. The summed E-state index contributed by atoms with van der Waals surface area (Å²) in [6.45, 7) is 5.47. The van der Waals surface area contributed by atoms with Crippen LogP contribution in [-0.2, 0) is 14.4 Å². The van der Waals surface area contributed by atoms with Crippen LogP contribution in [0.25, 0.3) is 0 Å². The topological polar surface area (TPSA) is 112 Å². The molecule has 0 amide bonds. The van der Waals surface area contributed by atoms with Crippen molar-refractivity contribution < 1.29 is 29.7 Å². The number of hydrogen-bond donors (Lipinski definition) is 3. The summed E-state index contributed by atoms with van der Waals surface area (Å²) in [6, 6.07) is 1.46. The lowest BCUT2D eigenvalue weighted by Gasteiger charge is -1.67. The van der Waals surface area contributed by atoms with Gasteiger partial charge >= 0.3 is 0 Å². The second-order valence-corrected chi connectivity index (χ2v) is 3.56. The Morgan fingerprint density at radius 3 is 0.938 bits per heavy atom. The second-order valence-electron chi connectivity index (χ2n) is 2.56. The first-order valence-electron chi connectivity index (χ1n) is 4.70. The van der Waals surface area contributed by atoms with Crippen LogP contribution < -0.4 is 0 Å². The maximum absolute atomic E-state index is 9.00. The van der Waals surface area contributed by atoms with E-state index in [1.54, 1.807) is 0 Å². The van der Waals surface area contributed by atoms with Crippen LogP contribution in [0.2, 0.25) is 6.04 Å². The molecular weight excluding hydrogens is 232 g/mol. The predicted octanol–water partition coefficient (Wildman–Crippen LogP) is 0.453. The van der Waals surface area contributed by atoms with E-state index in [9.17, 15) is 0 Å². The molecule has 0 aliphatic rings. The standard InChI is InChI=1S/C3H10Si.3C2H4O2/c1-2-3-4;3*1-2(3)4/h2-3H2,1,4H3;3*1H3,(H,3,4). The molecule has 98 valence electrons. The Morgan fingerprint density at radius 2 is 0.938 bits per heavy atom. The van der Waals surface area contributed by atoms with E-state index < -0.39 is 17.9 Å². The molecule has 0 aromatic heterocycles. The SMILES string of the molecule is CC(=O)O.CC(=O)O.CC(=O)O.CCC[SiH3]. The van der Waals surface area contributed by atoms with E-state index in [-0.39, 0.29) is 0 Å². The Morgan fingerprint density at radius 1 is 0.875 bits per heavy atom. The molecule has 6 nitrogen and oxygen atoms in total. The molecule has 16 heavy (non-hydrogen) atoms. The molecule has 0 aromatic rings. The summed E-state index contributed by atoms with van der Waals surface area (Å²) in [5, 5.41) is 22.2. The zero-order valence-electron chi connectivity index (χ0n) is 10.5. The van der Waals surface area contributed by atoms with Crippen LogP contribution in [0, 0.1) is 0 Å². The molecule has 0 bridgehead atoms. The monoisotopic (exact) mass is 254 g/mol. The van der Waals surface area contributed by atoms with Crippen LogP contribution in [0.15, 0.2) is 0 Å². The van der Waals surface area contributed by atoms with Gasteiger partial charge in [0.2, 0.25) is 0 Å². The summed E-state index contributed by atoms with van der Waals surface area (Å²) in [5.74, 6) is -2.50. The van der Waals surface area contributed by atoms with Gasteiger partial charge in [0.1, 0.15) is 0 Å². The summed E-state index contributed by atoms with van der Waals surface area (Å²) >= 11 is 0. The van der Waals surface area contributed by atoms with E-state index in [0.29, 0.717) is 0 Å². The maximum atomic E-state index is 9.00. The van der Waals surface area contributed by atoms with Gasteiger partial charge in [0, 0.05) is 31.0 Å². The molecule has 0 spiro atoms. The van der Waals surface area contributed by atoms with E-state index in [1.807, 2.05) is 0 Å². The number of hydrogen-bond acceptors (Lipinski definition) is 3. The van der Waals surface area contributed by atoms with Crippen molar-refractivity contribution in [2.45, 2.75) is 40.2 Å². The molecule has 0 heterocycles. The molecule has 0 aliphatic carbocycles. The van der Waals surface area contributed by atoms with Gasteiger partial charge in [0.25, 0.3) is 17.9 Å². The fourth-order valence-electron chi connectivity index (χ4n) is 0. The van der Waals surface area contributed by atoms with Gasteiger partial charge in [-0.3, -0.25) is 14.4 Å². The summed E-state index contributed by atoms with van der Waals surface area (Å²) in [6.07, 6.45) is 1.38. The van der Waals surface area contributed by atoms with Crippen molar-refractivity contribution in [1.29, 1.82) is 0 Å². The summed E-state index contributed by atoms with van der Waals surface area (Å²) in [4.78, 5) is 27.0. The normalized spacial score (nSPS) is 6.75. The minimum atomic E-state index is -0.833. The zero-order chi connectivity index (χ0) is 14.1. The first-order chi connectivity index (χ1) is 7.11. The quantitative estimate of drug-likeness (QED) is 0.586. The van der Waals surface area contributed by atoms with Crippen LogP contribution in [0.3, 0.4) is 0 Å². The van der Waals surface area contributed by atoms with Gasteiger partial charge in [0.05, 0.1) is 0 Å². The lowest BCUT2D eigenvalue weighted by atomic mass is 10.6. The van der Waals surface area contributed by atoms with E-state index in [2.05, 4.69) is 6.92 Å². The maximum Gasteiger partial charge on any atom is 0.300 e. The average molecular weight is 254 g/mol. The molecule has 0 atom stereocenters. The predicted molar refractivity (Wildman–Crippen MR) is 65.0 cm³/mol. The van der Waals surface area contributed by atoms with Gasteiger partial charge < -0.3 is 15.3 Å². The van der Waals surface area contributed by atoms with E-state index >= 15 is 0 Å². The first-order valence-corrected chi connectivity index (χ1v) is 6.11. The van der Waals surface area contributed by atoms with Crippen LogP contribution in [0.4, 0.5) is 0 Å². The Hall–Kier alpha value is -1.37. The Balaban J connectivity index is -0.0000000600. The fourth-order valence-corrected chi connectivity index (χ4v) is 0. The molecule has 0 fully saturated rings. The van der Waals surface area contributed by atoms with Crippen molar-refractivity contribution >= 4 is 28.2 Å². The minimum Gasteiger partial charge on any atom is -0.481 e. The highest BCUT2D eigenvalue weighted by Crippen LogP contribution is 1.73. The highest BCUT2D eigenvalue weighted by molar-refractivity contribution is 6.08. The molecule has 0 rings (SSSR count). The highest BCUT2D eigenvalue weighted by atomic mass is 28.1. The van der Waals surface area contributed by atoms with Crippen LogP contribution in [-0.4, -0.2) is 43.5 Å². The number of rotatable bonds is 1. The van der Waals surface area contributed by atoms with Crippen molar-refractivity contribution in [3.63, 3.8) is 0 Å². The fraction of sp³-hybridized carbons (Fsp3) is 0.667. The van der Waals surface area contributed by atoms with Gasteiger partial charge in [-0.15, -0.1) is 0 Å². The van der Waals surface area contributed by atoms with Crippen molar-refractivity contribution in [2.75, 3.05) is 0 Å². The molecule has 0 saturated carbocycles. The first kappa shape index (κ1) is 24.1. The Bertz CT molecular complexity index is 138.